The van der Waals surface area contributed by atoms with E-state index < -0.39 is 0 Å². The zero-order chi connectivity index (χ0) is 14.5. The lowest BCUT2D eigenvalue weighted by molar-refractivity contribution is 0.254. The average Bonchev–Trinajstić information content (AvgIpc) is 2.97. The minimum Gasteiger partial charge on any atom is -0.296 e. The van der Waals surface area contributed by atoms with Crippen LogP contribution in [0.1, 0.15) is 37.8 Å². The molecule has 0 N–H and O–H groups in total. The molecule has 3 heteroatoms. The van der Waals surface area contributed by atoms with Crippen molar-refractivity contribution in [1.29, 1.82) is 0 Å². The van der Waals surface area contributed by atoms with Crippen LogP contribution in [0.5, 0.6) is 0 Å². The van der Waals surface area contributed by atoms with E-state index in [1.165, 1.54) is 42.8 Å². The minimum absolute atomic E-state index is 0.546. The molecule has 1 atom stereocenters. The molecule has 2 nitrogen and oxygen atoms in total. The lowest BCUT2D eigenvalue weighted by Gasteiger charge is -2.25. The minimum atomic E-state index is 0.546. The van der Waals surface area contributed by atoms with Crippen molar-refractivity contribution in [3.63, 3.8) is 0 Å². The predicted molar refractivity (Wildman–Crippen MR) is 88.6 cm³/mol. The highest BCUT2D eigenvalue weighted by Gasteiger charge is 2.27. The molecule has 110 valence electrons. The normalized spacial score (nSPS) is 19.0. The molecule has 1 aliphatic heterocycles. The summed E-state index contributed by atoms with van der Waals surface area (Å²) < 4.78 is 0. The van der Waals surface area contributed by atoms with Crippen LogP contribution in [0, 0.1) is 0 Å². The first-order valence-corrected chi connectivity index (χ1v) is 8.62. The Labute approximate surface area is 131 Å². The predicted octanol–water partition coefficient (Wildman–Crippen LogP) is 4.78. The summed E-state index contributed by atoms with van der Waals surface area (Å²) in [4.78, 5) is 8.53. The molecule has 0 bridgehead atoms. The van der Waals surface area contributed by atoms with Crippen LogP contribution in [0.4, 0.5) is 0 Å². The third-order valence-electron chi connectivity index (χ3n) is 3.99. The Balaban J connectivity index is 1.85. The van der Waals surface area contributed by atoms with Gasteiger partial charge in [0.2, 0.25) is 0 Å². The molecule has 21 heavy (non-hydrogen) atoms. The molecule has 1 aliphatic rings. The largest absolute Gasteiger partial charge is 0.296 e. The summed E-state index contributed by atoms with van der Waals surface area (Å²) in [6, 6.07) is 15.4. The van der Waals surface area contributed by atoms with Gasteiger partial charge in [0.15, 0.2) is 0 Å². The Morgan fingerprint density at radius 3 is 2.86 bits per heavy atom. The Bertz CT molecular complexity index is 570. The molecule has 1 aromatic heterocycles. The lowest BCUT2D eigenvalue weighted by Crippen LogP contribution is -2.24. The van der Waals surface area contributed by atoms with E-state index in [1.54, 1.807) is 11.8 Å². The number of aromatic nitrogens is 1. The van der Waals surface area contributed by atoms with Gasteiger partial charge in [-0.2, -0.15) is 0 Å². The molecule has 2 heterocycles. The van der Waals surface area contributed by atoms with Crippen molar-refractivity contribution >= 4 is 11.8 Å². The van der Waals surface area contributed by atoms with Crippen LogP contribution in [-0.2, 0) is 0 Å². The Kier molecular flexibility index (Phi) is 4.94. The third kappa shape index (κ3) is 3.47. The summed E-state index contributed by atoms with van der Waals surface area (Å²) >= 11 is 1.78. The number of rotatable bonds is 5. The van der Waals surface area contributed by atoms with Gasteiger partial charge in [-0.05, 0) is 50.6 Å². The second-order valence-electron chi connectivity index (χ2n) is 5.51. The van der Waals surface area contributed by atoms with E-state index >= 15 is 0 Å². The first-order chi connectivity index (χ1) is 10.4. The summed E-state index contributed by atoms with van der Waals surface area (Å²) in [5, 5.41) is 1.16. The number of likely N-dealkylation sites (tertiary alicyclic amines) is 1. The fourth-order valence-corrected chi connectivity index (χ4v) is 4.03. The summed E-state index contributed by atoms with van der Waals surface area (Å²) in [6.45, 7) is 4.68. The van der Waals surface area contributed by atoms with E-state index in [-0.39, 0.29) is 0 Å². The Hall–Kier alpha value is -1.32. The van der Waals surface area contributed by atoms with Gasteiger partial charge < -0.3 is 0 Å². The van der Waals surface area contributed by atoms with E-state index in [0.29, 0.717) is 6.04 Å². The van der Waals surface area contributed by atoms with Gasteiger partial charge in [-0.1, -0.05) is 43.0 Å². The second kappa shape index (κ2) is 7.10. The maximum atomic E-state index is 4.65. The van der Waals surface area contributed by atoms with Gasteiger partial charge in [0.05, 0.1) is 0 Å². The zero-order valence-electron chi connectivity index (χ0n) is 12.5. The molecule has 0 radical (unpaired) electrons. The molecule has 0 amide bonds. The Morgan fingerprint density at radius 1 is 1.19 bits per heavy atom. The number of pyridine rings is 1. The lowest BCUT2D eigenvalue weighted by atomic mass is 10.1. The van der Waals surface area contributed by atoms with Gasteiger partial charge >= 0.3 is 0 Å². The number of benzene rings is 1. The maximum Gasteiger partial charge on any atom is 0.105 e. The van der Waals surface area contributed by atoms with Crippen molar-refractivity contribution < 1.29 is 0 Å². The number of hydrogen-bond donors (Lipinski definition) is 0. The van der Waals surface area contributed by atoms with Crippen molar-refractivity contribution in [3.8, 4) is 0 Å². The molecule has 0 spiro atoms. The fourth-order valence-electron chi connectivity index (χ4n) is 3.08. The SMILES string of the molecule is CCCN1CCCC1c1cccnc1Sc1ccccc1. The first-order valence-electron chi connectivity index (χ1n) is 7.80. The van der Waals surface area contributed by atoms with Gasteiger partial charge in [-0.15, -0.1) is 0 Å². The maximum absolute atomic E-state index is 4.65. The van der Waals surface area contributed by atoms with Crippen LogP contribution >= 0.6 is 11.8 Å². The molecule has 1 unspecified atom stereocenters. The van der Waals surface area contributed by atoms with Crippen LogP contribution in [0.15, 0.2) is 58.6 Å². The van der Waals surface area contributed by atoms with Gasteiger partial charge in [-0.25, -0.2) is 4.98 Å². The molecular formula is C18H22N2S. The van der Waals surface area contributed by atoms with Crippen LogP contribution in [0.25, 0.3) is 0 Å². The molecule has 2 aromatic rings. The van der Waals surface area contributed by atoms with Gasteiger partial charge in [0.1, 0.15) is 5.03 Å². The van der Waals surface area contributed by atoms with Crippen LogP contribution in [0.2, 0.25) is 0 Å². The molecule has 3 rings (SSSR count). The van der Waals surface area contributed by atoms with Gasteiger partial charge in [-0.3, -0.25) is 4.90 Å². The van der Waals surface area contributed by atoms with Crippen molar-refractivity contribution in [2.45, 2.75) is 42.1 Å². The van der Waals surface area contributed by atoms with Crippen LogP contribution in [-0.4, -0.2) is 23.0 Å². The highest BCUT2D eigenvalue weighted by atomic mass is 32.2. The molecule has 1 aromatic carbocycles. The van der Waals surface area contributed by atoms with Crippen LogP contribution < -0.4 is 0 Å². The number of nitrogens with zero attached hydrogens (tertiary/aromatic N) is 2. The third-order valence-corrected chi connectivity index (χ3v) is 5.03. The highest BCUT2D eigenvalue weighted by molar-refractivity contribution is 7.99. The standard InChI is InChI=1S/C18H22N2S/c1-2-13-20-14-7-11-17(20)16-10-6-12-19-18(16)21-15-8-4-3-5-9-15/h3-6,8-10,12,17H,2,7,11,13-14H2,1H3. The molecule has 0 aliphatic carbocycles. The first kappa shape index (κ1) is 14.6. The van der Waals surface area contributed by atoms with E-state index in [1.807, 2.05) is 6.20 Å². The summed E-state index contributed by atoms with van der Waals surface area (Å²) in [5.74, 6) is 0. The molecule has 0 saturated carbocycles. The van der Waals surface area contributed by atoms with Crippen molar-refractivity contribution in [1.82, 2.24) is 9.88 Å². The topological polar surface area (TPSA) is 16.1 Å². The quantitative estimate of drug-likeness (QED) is 0.790. The van der Waals surface area contributed by atoms with E-state index in [4.69, 9.17) is 0 Å². The molecule has 1 fully saturated rings. The molecular weight excluding hydrogens is 276 g/mol. The van der Waals surface area contributed by atoms with E-state index in [9.17, 15) is 0 Å². The van der Waals surface area contributed by atoms with Crippen molar-refractivity contribution in [3.05, 3.63) is 54.2 Å². The van der Waals surface area contributed by atoms with E-state index in [2.05, 4.69) is 59.3 Å². The zero-order valence-corrected chi connectivity index (χ0v) is 13.4. The smallest absolute Gasteiger partial charge is 0.105 e. The monoisotopic (exact) mass is 298 g/mol. The van der Waals surface area contributed by atoms with Crippen LogP contribution in [0.3, 0.4) is 0 Å². The van der Waals surface area contributed by atoms with Gasteiger partial charge in [0, 0.05) is 22.7 Å². The van der Waals surface area contributed by atoms with Crippen molar-refractivity contribution in [2.75, 3.05) is 13.1 Å². The molecule has 1 saturated heterocycles. The summed E-state index contributed by atoms with van der Waals surface area (Å²) in [7, 11) is 0. The van der Waals surface area contributed by atoms with E-state index in [0.717, 1.165) is 5.03 Å². The summed E-state index contributed by atoms with van der Waals surface area (Å²) in [5.41, 5.74) is 1.40. The Morgan fingerprint density at radius 2 is 2.05 bits per heavy atom. The fraction of sp³-hybridized carbons (Fsp3) is 0.389. The van der Waals surface area contributed by atoms with Gasteiger partial charge in [0.25, 0.3) is 0 Å². The highest BCUT2D eigenvalue weighted by Crippen LogP contribution is 2.38. The second-order valence-corrected chi connectivity index (χ2v) is 6.57. The van der Waals surface area contributed by atoms with Crippen molar-refractivity contribution in [2.24, 2.45) is 0 Å². The summed E-state index contributed by atoms with van der Waals surface area (Å²) in [6.07, 6.45) is 5.69. The average molecular weight is 298 g/mol. The number of hydrogen-bond acceptors (Lipinski definition) is 3.